The third-order valence-corrected chi connectivity index (χ3v) is 14.5. The molecule has 0 saturated carbocycles. The first-order valence-corrected chi connectivity index (χ1v) is 14.1. The molecule has 0 saturated heterocycles. The number of hydrogen-bond acceptors (Lipinski definition) is 8. The van der Waals surface area contributed by atoms with Crippen LogP contribution in [0.4, 0.5) is 0 Å². The zero-order chi connectivity index (χ0) is 19.4. The molecule has 1 aromatic carbocycles. The average molecular weight is 594 g/mol. The fourth-order valence-corrected chi connectivity index (χ4v) is 12.2. The second-order valence-corrected chi connectivity index (χ2v) is 14.9. The molecule has 0 aromatic heterocycles. The maximum absolute atomic E-state index is 11.2. The second kappa shape index (κ2) is 9.11. The summed E-state index contributed by atoms with van der Waals surface area (Å²) in [5, 5.41) is 0. The van der Waals surface area contributed by atoms with Crippen molar-refractivity contribution in [2.24, 2.45) is 0 Å². The first-order chi connectivity index (χ1) is 11.3. The molecular weight excluding hydrogens is 573 g/mol. The molecule has 0 fully saturated rings. The van der Waals surface area contributed by atoms with E-state index in [0.29, 0.717) is 24.2 Å². The van der Waals surface area contributed by atoms with E-state index in [1.807, 2.05) is 0 Å². The summed E-state index contributed by atoms with van der Waals surface area (Å²) in [4.78, 5) is 3.59. The van der Waals surface area contributed by atoms with Crippen molar-refractivity contribution < 1.29 is 30.5 Å². The first kappa shape index (κ1) is 22.8. The van der Waals surface area contributed by atoms with E-state index in [1.165, 1.54) is 0 Å². The van der Waals surface area contributed by atoms with Gasteiger partial charge in [0.05, 0.1) is 0 Å². The van der Waals surface area contributed by atoms with Crippen molar-refractivity contribution >= 4 is 46.7 Å². The Bertz CT molecular complexity index is 733. The zero-order valence-electron chi connectivity index (χ0n) is 14.1. The number of nitrogens with zero attached hydrogens (tertiary/aromatic N) is 2. The molecule has 0 unspecified atom stereocenters. The van der Waals surface area contributed by atoms with Gasteiger partial charge in [0, 0.05) is 0 Å². The van der Waals surface area contributed by atoms with Gasteiger partial charge in [-0.2, -0.15) is 0 Å². The predicted octanol–water partition coefficient (Wildman–Crippen LogP) is -0.856. The maximum atomic E-state index is 11.2. The Morgan fingerprint density at radius 1 is 0.880 bits per heavy atom. The number of hydrogen-bond donors (Lipinski definition) is 2. The molecule has 10 nitrogen and oxygen atoms in total. The van der Waals surface area contributed by atoms with Gasteiger partial charge < -0.3 is 0 Å². The van der Waals surface area contributed by atoms with E-state index in [0.717, 1.165) is 0 Å². The van der Waals surface area contributed by atoms with E-state index in [1.54, 1.807) is 56.2 Å². The second-order valence-electron chi connectivity index (χ2n) is 5.66. The summed E-state index contributed by atoms with van der Waals surface area (Å²) in [6, 6.07) is 5.10. The summed E-state index contributed by atoms with van der Waals surface area (Å²) in [5.74, 6) is 0. The Balaban J connectivity index is 3.55. The molecule has 0 radical (unpaired) electrons. The first-order valence-electron chi connectivity index (χ1n) is 6.83. The van der Waals surface area contributed by atoms with Crippen LogP contribution in [-0.4, -0.2) is 86.6 Å². The third-order valence-electron chi connectivity index (χ3n) is 2.68. The van der Waals surface area contributed by atoms with Gasteiger partial charge in [-0.15, -0.1) is 0 Å². The quantitative estimate of drug-likeness (QED) is 0.275. The van der Waals surface area contributed by atoms with Crippen LogP contribution < -0.4 is 3.27 Å². The molecule has 0 aliphatic heterocycles. The summed E-state index contributed by atoms with van der Waals surface area (Å²) >= 11 is -4.56. The Morgan fingerprint density at radius 2 is 1.24 bits per heavy atom. The Hall–Kier alpha value is -0.237. The third kappa shape index (κ3) is 8.80. The molecule has 1 aromatic rings. The van der Waals surface area contributed by atoms with E-state index < -0.39 is 43.4 Å². The van der Waals surface area contributed by atoms with Gasteiger partial charge in [0.2, 0.25) is 0 Å². The summed E-state index contributed by atoms with van der Waals surface area (Å²) in [6.45, 7) is 0.707. The van der Waals surface area contributed by atoms with Crippen molar-refractivity contribution in [3.63, 3.8) is 0 Å². The molecule has 0 aliphatic carbocycles. The van der Waals surface area contributed by atoms with Crippen LogP contribution in [-0.2, 0) is 38.4 Å². The normalized spacial score (nSPS) is 13.2. The molecule has 1 rings (SSSR count). The molecule has 2 N–H and O–H groups in total. The van der Waals surface area contributed by atoms with Gasteiger partial charge in [0.1, 0.15) is 0 Å². The monoisotopic (exact) mass is 594 g/mol. The zero-order valence-corrected chi connectivity index (χ0v) is 19.3. The van der Waals surface area contributed by atoms with Crippen LogP contribution in [0.2, 0.25) is 0 Å². The molecule has 0 amide bonds. The van der Waals surface area contributed by atoms with E-state index in [4.69, 9.17) is 9.11 Å². The van der Waals surface area contributed by atoms with Gasteiger partial charge in [-0.05, 0) is 0 Å². The molecule has 0 spiro atoms. The average Bonchev–Trinajstić information content (AvgIpc) is 2.32. The van der Waals surface area contributed by atoms with Crippen LogP contribution in [0.25, 0.3) is 0 Å². The summed E-state index contributed by atoms with van der Waals surface area (Å²) in [5.41, 5.74) is 1.18. The van der Waals surface area contributed by atoms with Crippen molar-refractivity contribution in [1.29, 1.82) is 0 Å². The van der Waals surface area contributed by atoms with Gasteiger partial charge in [-0.25, -0.2) is 0 Å². The van der Waals surface area contributed by atoms with Gasteiger partial charge >= 0.3 is 158 Å². The minimum atomic E-state index is -4.97. The Morgan fingerprint density at radius 3 is 1.52 bits per heavy atom. The van der Waals surface area contributed by atoms with Crippen molar-refractivity contribution in [3.05, 3.63) is 29.3 Å². The predicted molar refractivity (Wildman–Crippen MR) is 91.9 cm³/mol. The number of rotatable bonds is 9. The topological polar surface area (TPSA) is 134 Å². The Labute approximate surface area is 157 Å². The van der Waals surface area contributed by atoms with Crippen LogP contribution in [0.15, 0.2) is 18.2 Å². The van der Waals surface area contributed by atoms with Crippen LogP contribution in [0.5, 0.6) is 0 Å². The summed E-state index contributed by atoms with van der Waals surface area (Å²) in [7, 11) is -2.83. The van der Waals surface area contributed by atoms with E-state index in [-0.39, 0.29) is 3.27 Å². The molecule has 0 heterocycles. The fraction of sp³-hybridized carbons (Fsp3) is 0.500. The molecule has 144 valence electrons. The fourth-order valence-electron chi connectivity index (χ4n) is 2.07. The molecule has 25 heavy (non-hydrogen) atoms. The molecule has 0 atom stereocenters. The Kier molecular flexibility index (Phi) is 8.31. The molecule has 13 heteroatoms. The van der Waals surface area contributed by atoms with Crippen LogP contribution in [0.1, 0.15) is 11.1 Å². The van der Waals surface area contributed by atoms with Crippen LogP contribution in [0, 0.1) is 0 Å². The van der Waals surface area contributed by atoms with Crippen LogP contribution >= 0.6 is 0 Å². The van der Waals surface area contributed by atoms with Gasteiger partial charge in [-0.1, -0.05) is 0 Å². The van der Waals surface area contributed by atoms with Crippen molar-refractivity contribution in [3.8, 4) is 0 Å². The van der Waals surface area contributed by atoms with Crippen molar-refractivity contribution in [2.75, 3.05) is 28.2 Å². The van der Waals surface area contributed by atoms with E-state index in [9.17, 15) is 16.8 Å². The van der Waals surface area contributed by atoms with Crippen molar-refractivity contribution in [1.82, 2.24) is 9.80 Å². The standard InChI is InChI=1S/C12H19N2.Bi.2H2O4S/c1-13(2)9-11-6-5-7-12(8-11)10-14(3)4;;2*1-5(2,3)4/h5-7H,9-10H2,1-4H3;;2*(H2,1,2,3,4)/q;+2;;/p-2. The van der Waals surface area contributed by atoms with E-state index >= 15 is 0 Å². The molecule has 0 bridgehead atoms. The van der Waals surface area contributed by atoms with E-state index in [2.05, 4.69) is 4.52 Å². The summed E-state index contributed by atoms with van der Waals surface area (Å²) < 4.78 is 72.2. The molecular formula is C12H21BiN2O8S2. The van der Waals surface area contributed by atoms with Gasteiger partial charge in [-0.3, -0.25) is 0 Å². The van der Waals surface area contributed by atoms with Gasteiger partial charge in [0.15, 0.2) is 0 Å². The van der Waals surface area contributed by atoms with Crippen molar-refractivity contribution in [2.45, 2.75) is 13.1 Å². The minimum absolute atomic E-state index is 0.287. The molecule has 0 aliphatic rings. The summed E-state index contributed by atoms with van der Waals surface area (Å²) in [6.07, 6.45) is 0. The van der Waals surface area contributed by atoms with Crippen LogP contribution in [0.3, 0.4) is 0 Å². The number of benzene rings is 1. The van der Waals surface area contributed by atoms with Gasteiger partial charge in [0.25, 0.3) is 0 Å². The SMILES string of the molecule is CN(C)Cc1cccc(CN(C)C)[c]1[Bi]([O]S(=O)(=O)O)[O]S(=O)(=O)O.